The molecule has 1 aromatic rings. The lowest BCUT2D eigenvalue weighted by Crippen LogP contribution is -2.51. The van der Waals surface area contributed by atoms with Crippen LogP contribution >= 0.6 is 0 Å². The number of carbonyl (C=O) groups is 1. The molecule has 1 aromatic carbocycles. The van der Waals surface area contributed by atoms with Crippen LogP contribution in [0.2, 0.25) is 0 Å². The summed E-state index contributed by atoms with van der Waals surface area (Å²) in [5.74, 6) is 6.15. The third-order valence-corrected chi connectivity index (χ3v) is 6.91. The Hall–Kier alpha value is -2.44. The number of benzene rings is 1. The zero-order valence-electron chi connectivity index (χ0n) is 18.3. The number of sulfonamides is 1. The van der Waals surface area contributed by atoms with E-state index in [1.54, 1.807) is 0 Å². The molecule has 1 fully saturated rings. The Morgan fingerprint density at radius 1 is 1.16 bits per heavy atom. The summed E-state index contributed by atoms with van der Waals surface area (Å²) in [7, 11) is -3.64. The van der Waals surface area contributed by atoms with Crippen molar-refractivity contribution in [1.82, 2.24) is 9.62 Å². The predicted octanol–water partition coefficient (Wildman–Crippen LogP) is 2.76. The Labute approximate surface area is 185 Å². The van der Waals surface area contributed by atoms with Crippen molar-refractivity contribution in [1.29, 1.82) is 0 Å². The minimum absolute atomic E-state index is 0.346. The van der Waals surface area contributed by atoms with Crippen molar-refractivity contribution in [3.63, 3.8) is 0 Å². The second kappa shape index (κ2) is 12.4. The average Bonchev–Trinajstić information content (AvgIpc) is 2.74. The molecular formula is C22H33N3O5S. The van der Waals surface area contributed by atoms with Gasteiger partial charge in [-0.2, -0.15) is 4.31 Å². The number of rotatable bonds is 10. The molecule has 172 valence electrons. The van der Waals surface area contributed by atoms with Crippen LogP contribution in [0.1, 0.15) is 39.5 Å². The lowest BCUT2D eigenvalue weighted by atomic mass is 10.2. The Balaban J connectivity index is 1.94. The van der Waals surface area contributed by atoms with Gasteiger partial charge in [-0.05, 0) is 37.6 Å². The van der Waals surface area contributed by atoms with Crippen molar-refractivity contribution in [3.05, 3.63) is 24.3 Å². The van der Waals surface area contributed by atoms with Gasteiger partial charge in [0.25, 0.3) is 0 Å². The molecule has 0 saturated carbocycles. The molecule has 1 aliphatic rings. The maximum atomic E-state index is 12.9. The number of piperazine rings is 1. The average molecular weight is 452 g/mol. The Kier molecular flexibility index (Phi) is 9.95. The molecule has 0 spiro atoms. The first-order chi connectivity index (χ1) is 14.9. The number of amides is 1. The van der Waals surface area contributed by atoms with Gasteiger partial charge in [0.2, 0.25) is 10.0 Å². The van der Waals surface area contributed by atoms with Crippen molar-refractivity contribution < 1.29 is 23.1 Å². The standard InChI is InChI=1S/C22H33N3O5S/c1-3-5-6-7-8-9-19(23-22(26)27)18-31(28,29)25-16-14-24(15-17-25)20-10-12-21(13-11-20)30-4-2/h10-13,19,23H,3-7,14-18H2,1-2H3,(H,26,27). The van der Waals surface area contributed by atoms with E-state index in [-0.39, 0.29) is 5.75 Å². The van der Waals surface area contributed by atoms with Crippen molar-refractivity contribution in [3.8, 4) is 17.6 Å². The number of ether oxygens (including phenoxy) is 1. The summed E-state index contributed by atoms with van der Waals surface area (Å²) in [6.07, 6.45) is 2.39. The number of hydrogen-bond donors (Lipinski definition) is 2. The van der Waals surface area contributed by atoms with Gasteiger partial charge in [-0.3, -0.25) is 0 Å². The molecule has 1 saturated heterocycles. The zero-order chi connectivity index (χ0) is 22.7. The summed E-state index contributed by atoms with van der Waals surface area (Å²) in [6.45, 7) is 6.45. The lowest BCUT2D eigenvalue weighted by molar-refractivity contribution is 0.193. The third-order valence-electron chi connectivity index (χ3n) is 5.00. The minimum Gasteiger partial charge on any atom is -0.494 e. The van der Waals surface area contributed by atoms with E-state index >= 15 is 0 Å². The molecule has 0 radical (unpaired) electrons. The fourth-order valence-corrected chi connectivity index (χ4v) is 4.91. The van der Waals surface area contributed by atoms with Gasteiger partial charge in [0.1, 0.15) is 11.8 Å². The SMILES string of the molecule is CCCCCC#CC(CS(=O)(=O)N1CCN(c2ccc(OCC)cc2)CC1)NC(=O)O. The molecule has 8 nitrogen and oxygen atoms in total. The van der Waals surface area contributed by atoms with Gasteiger partial charge in [0.15, 0.2) is 0 Å². The van der Waals surface area contributed by atoms with E-state index < -0.39 is 22.2 Å². The van der Waals surface area contributed by atoms with E-state index in [9.17, 15) is 13.2 Å². The van der Waals surface area contributed by atoms with Gasteiger partial charge in [-0.25, -0.2) is 13.2 Å². The predicted molar refractivity (Wildman–Crippen MR) is 122 cm³/mol. The molecule has 1 unspecified atom stereocenters. The van der Waals surface area contributed by atoms with Crippen molar-refractivity contribution >= 4 is 21.8 Å². The van der Waals surface area contributed by atoms with E-state index in [1.165, 1.54) is 4.31 Å². The van der Waals surface area contributed by atoms with Crippen LogP contribution < -0.4 is 15.0 Å². The highest BCUT2D eigenvalue weighted by Crippen LogP contribution is 2.21. The van der Waals surface area contributed by atoms with Crippen LogP contribution in [0.25, 0.3) is 0 Å². The highest BCUT2D eigenvalue weighted by Gasteiger charge is 2.29. The quantitative estimate of drug-likeness (QED) is 0.419. The lowest BCUT2D eigenvalue weighted by Gasteiger charge is -2.35. The molecule has 31 heavy (non-hydrogen) atoms. The molecule has 2 rings (SSSR count). The number of hydrogen-bond acceptors (Lipinski definition) is 5. The highest BCUT2D eigenvalue weighted by molar-refractivity contribution is 7.89. The number of carboxylic acid groups (broad SMARTS) is 1. The number of unbranched alkanes of at least 4 members (excludes halogenated alkanes) is 3. The summed E-state index contributed by atoms with van der Waals surface area (Å²) in [6, 6.07) is 6.81. The van der Waals surface area contributed by atoms with Gasteiger partial charge in [0, 0.05) is 38.3 Å². The van der Waals surface area contributed by atoms with Crippen molar-refractivity contribution in [2.75, 3.05) is 43.4 Å². The van der Waals surface area contributed by atoms with Crippen LogP contribution in [0, 0.1) is 11.8 Å². The Morgan fingerprint density at radius 3 is 2.42 bits per heavy atom. The van der Waals surface area contributed by atoms with Crippen LogP contribution in [-0.2, 0) is 10.0 Å². The Bertz CT molecular complexity index is 853. The topological polar surface area (TPSA) is 99.2 Å². The normalized spacial score (nSPS) is 15.6. The van der Waals surface area contributed by atoms with Crippen LogP contribution in [0.3, 0.4) is 0 Å². The first-order valence-electron chi connectivity index (χ1n) is 10.8. The number of anilines is 1. The molecule has 0 aliphatic carbocycles. The highest BCUT2D eigenvalue weighted by atomic mass is 32.2. The molecule has 1 aliphatic heterocycles. The fraction of sp³-hybridized carbons (Fsp3) is 0.591. The van der Waals surface area contributed by atoms with E-state index in [1.807, 2.05) is 31.2 Å². The maximum absolute atomic E-state index is 12.9. The van der Waals surface area contributed by atoms with E-state index in [0.717, 1.165) is 30.7 Å². The molecule has 1 amide bonds. The van der Waals surface area contributed by atoms with Gasteiger partial charge < -0.3 is 20.1 Å². The summed E-state index contributed by atoms with van der Waals surface area (Å²) >= 11 is 0. The van der Waals surface area contributed by atoms with Crippen LogP contribution in [0.4, 0.5) is 10.5 Å². The van der Waals surface area contributed by atoms with Crippen LogP contribution in [-0.4, -0.2) is 68.5 Å². The van der Waals surface area contributed by atoms with Crippen molar-refractivity contribution in [2.45, 2.75) is 45.6 Å². The smallest absolute Gasteiger partial charge is 0.405 e. The first-order valence-corrected chi connectivity index (χ1v) is 12.4. The molecular weight excluding hydrogens is 418 g/mol. The largest absolute Gasteiger partial charge is 0.494 e. The molecule has 0 aromatic heterocycles. The maximum Gasteiger partial charge on any atom is 0.405 e. The second-order valence-electron chi connectivity index (χ2n) is 7.37. The fourth-order valence-electron chi connectivity index (χ4n) is 3.39. The van der Waals surface area contributed by atoms with Gasteiger partial charge in [-0.1, -0.05) is 25.7 Å². The van der Waals surface area contributed by atoms with Crippen LogP contribution in [0.15, 0.2) is 24.3 Å². The molecule has 2 N–H and O–H groups in total. The minimum atomic E-state index is -3.64. The summed E-state index contributed by atoms with van der Waals surface area (Å²) in [5, 5.41) is 11.3. The molecule has 9 heteroatoms. The van der Waals surface area contributed by atoms with Crippen LogP contribution in [0.5, 0.6) is 5.75 Å². The first kappa shape index (κ1) is 24.8. The van der Waals surface area contributed by atoms with E-state index in [4.69, 9.17) is 9.84 Å². The Morgan fingerprint density at radius 2 is 1.84 bits per heavy atom. The van der Waals surface area contributed by atoms with Crippen molar-refractivity contribution in [2.24, 2.45) is 0 Å². The molecule has 1 atom stereocenters. The monoisotopic (exact) mass is 451 g/mol. The van der Waals surface area contributed by atoms with E-state index in [0.29, 0.717) is 39.2 Å². The van der Waals surface area contributed by atoms with Gasteiger partial charge in [0.05, 0.1) is 12.4 Å². The molecule has 1 heterocycles. The number of nitrogens with zero attached hydrogens (tertiary/aromatic N) is 2. The third kappa shape index (κ3) is 8.31. The second-order valence-corrected chi connectivity index (χ2v) is 9.39. The number of nitrogens with one attached hydrogen (secondary N) is 1. The van der Waals surface area contributed by atoms with E-state index in [2.05, 4.69) is 29.0 Å². The molecule has 0 bridgehead atoms. The van der Waals surface area contributed by atoms with Gasteiger partial charge >= 0.3 is 6.09 Å². The zero-order valence-corrected chi connectivity index (χ0v) is 19.2. The van der Waals surface area contributed by atoms with Gasteiger partial charge in [-0.15, -0.1) is 5.92 Å². The summed E-state index contributed by atoms with van der Waals surface area (Å²) in [5.41, 5.74) is 1.02. The summed E-state index contributed by atoms with van der Waals surface area (Å²) in [4.78, 5) is 13.2. The summed E-state index contributed by atoms with van der Waals surface area (Å²) < 4.78 is 32.6.